The number of benzene rings is 1. The Kier molecular flexibility index (Phi) is 4.68. The molecule has 0 aromatic heterocycles. The molecule has 0 aliphatic carbocycles. The molecule has 0 radical (unpaired) electrons. The van der Waals surface area contributed by atoms with Gasteiger partial charge < -0.3 is 5.11 Å². The van der Waals surface area contributed by atoms with Gasteiger partial charge in [-0.25, -0.2) is 0 Å². The fraction of sp³-hybridized carbons (Fsp3) is 0.467. The van der Waals surface area contributed by atoms with Crippen molar-refractivity contribution in [2.24, 2.45) is 5.92 Å². The predicted molar refractivity (Wildman–Crippen MR) is 71.7 cm³/mol. The van der Waals surface area contributed by atoms with Crippen molar-refractivity contribution in [3.63, 3.8) is 0 Å². The van der Waals surface area contributed by atoms with Crippen LogP contribution >= 0.6 is 0 Å². The van der Waals surface area contributed by atoms with Crippen molar-refractivity contribution in [3.8, 4) is 0 Å². The number of carboxylic acid groups (broad SMARTS) is 1. The Morgan fingerprint density at radius 1 is 1.26 bits per heavy atom. The molecule has 2 rings (SSSR count). The van der Waals surface area contributed by atoms with Crippen LogP contribution in [0.4, 0.5) is 0 Å². The first kappa shape index (κ1) is 13.7. The van der Waals surface area contributed by atoms with Gasteiger partial charge in [-0.1, -0.05) is 30.3 Å². The van der Waals surface area contributed by atoms with Crippen molar-refractivity contribution in [3.05, 3.63) is 35.9 Å². The third-order valence-corrected chi connectivity index (χ3v) is 3.59. The van der Waals surface area contributed by atoms with Crippen LogP contribution in [0.1, 0.15) is 24.8 Å². The molecule has 1 unspecified atom stereocenters. The lowest BCUT2D eigenvalue weighted by Gasteiger charge is -2.19. The Labute approximate surface area is 113 Å². The number of rotatable bonds is 4. The Morgan fingerprint density at radius 3 is 2.68 bits per heavy atom. The molecular weight excluding hydrogens is 242 g/mol. The lowest BCUT2D eigenvalue weighted by molar-refractivity contribution is -0.140. The summed E-state index contributed by atoms with van der Waals surface area (Å²) >= 11 is 0. The maximum absolute atomic E-state index is 11.9. The van der Waals surface area contributed by atoms with E-state index in [1.165, 1.54) is 5.56 Å². The number of ketones is 1. The molecule has 4 nitrogen and oxygen atoms in total. The zero-order chi connectivity index (χ0) is 13.7. The van der Waals surface area contributed by atoms with Crippen LogP contribution in [0, 0.1) is 5.92 Å². The second-order valence-corrected chi connectivity index (χ2v) is 5.06. The van der Waals surface area contributed by atoms with Crippen molar-refractivity contribution in [1.82, 2.24) is 4.90 Å². The number of carbonyl (C=O) groups excluding carboxylic acids is 1. The number of carbonyl (C=O) groups is 2. The first-order valence-electron chi connectivity index (χ1n) is 6.66. The second kappa shape index (κ2) is 6.48. The van der Waals surface area contributed by atoms with Crippen LogP contribution < -0.4 is 0 Å². The highest BCUT2D eigenvalue weighted by atomic mass is 16.4. The van der Waals surface area contributed by atoms with Gasteiger partial charge in [0, 0.05) is 25.4 Å². The molecule has 1 aliphatic heterocycles. The highest BCUT2D eigenvalue weighted by Crippen LogP contribution is 2.19. The third kappa shape index (κ3) is 4.17. The molecule has 19 heavy (non-hydrogen) atoms. The van der Waals surface area contributed by atoms with Crippen LogP contribution in [0.15, 0.2) is 30.3 Å². The molecular formula is C15H19NO3. The molecule has 1 heterocycles. The van der Waals surface area contributed by atoms with Gasteiger partial charge in [-0.05, 0) is 18.5 Å². The van der Waals surface area contributed by atoms with Gasteiger partial charge in [-0.3, -0.25) is 14.5 Å². The molecule has 0 amide bonds. The Balaban J connectivity index is 1.92. The van der Waals surface area contributed by atoms with E-state index in [2.05, 4.69) is 17.0 Å². The van der Waals surface area contributed by atoms with Crippen LogP contribution in [0.5, 0.6) is 0 Å². The van der Waals surface area contributed by atoms with Crippen molar-refractivity contribution in [1.29, 1.82) is 0 Å². The van der Waals surface area contributed by atoms with E-state index in [-0.39, 0.29) is 18.1 Å². The molecule has 1 aliphatic rings. The number of nitrogens with zero attached hydrogens (tertiary/aromatic N) is 1. The van der Waals surface area contributed by atoms with E-state index >= 15 is 0 Å². The van der Waals surface area contributed by atoms with E-state index in [9.17, 15) is 9.59 Å². The second-order valence-electron chi connectivity index (χ2n) is 5.06. The molecule has 1 aromatic carbocycles. The number of hydrogen-bond acceptors (Lipinski definition) is 3. The van der Waals surface area contributed by atoms with Gasteiger partial charge in [0.1, 0.15) is 5.78 Å². The van der Waals surface area contributed by atoms with Crippen LogP contribution in [0.2, 0.25) is 0 Å². The summed E-state index contributed by atoms with van der Waals surface area (Å²) in [5, 5.41) is 8.81. The van der Waals surface area contributed by atoms with Crippen LogP contribution in [0.25, 0.3) is 0 Å². The minimum atomic E-state index is -0.880. The third-order valence-electron chi connectivity index (χ3n) is 3.59. The number of likely N-dealkylation sites (tertiary alicyclic amines) is 1. The van der Waals surface area contributed by atoms with Gasteiger partial charge >= 0.3 is 5.97 Å². The predicted octanol–water partition coefficient (Wildman–Crippen LogP) is 1.94. The average molecular weight is 261 g/mol. The summed E-state index contributed by atoms with van der Waals surface area (Å²) in [6, 6.07) is 10.1. The van der Waals surface area contributed by atoms with E-state index in [1.807, 2.05) is 18.2 Å². The number of carboxylic acids is 1. The molecule has 0 bridgehead atoms. The SMILES string of the molecule is O=C(O)CC1CCN(Cc2ccccc2)CCC1=O. The lowest BCUT2D eigenvalue weighted by atomic mass is 9.96. The van der Waals surface area contributed by atoms with Crippen LogP contribution in [-0.4, -0.2) is 34.8 Å². The molecule has 1 fully saturated rings. The lowest BCUT2D eigenvalue weighted by Crippen LogP contribution is -2.24. The fourth-order valence-corrected chi connectivity index (χ4v) is 2.51. The van der Waals surface area contributed by atoms with E-state index in [4.69, 9.17) is 5.11 Å². The maximum atomic E-state index is 11.9. The maximum Gasteiger partial charge on any atom is 0.304 e. The van der Waals surface area contributed by atoms with E-state index in [0.29, 0.717) is 12.8 Å². The average Bonchev–Trinajstić information content (AvgIpc) is 2.55. The first-order valence-corrected chi connectivity index (χ1v) is 6.66. The summed E-state index contributed by atoms with van der Waals surface area (Å²) in [5.74, 6) is -1.09. The molecule has 0 spiro atoms. The highest BCUT2D eigenvalue weighted by molar-refractivity contribution is 5.85. The van der Waals surface area contributed by atoms with Gasteiger partial charge in [0.05, 0.1) is 6.42 Å². The molecule has 1 atom stereocenters. The van der Waals surface area contributed by atoms with Crippen LogP contribution in [0.3, 0.4) is 0 Å². The van der Waals surface area contributed by atoms with E-state index < -0.39 is 5.97 Å². The minimum Gasteiger partial charge on any atom is -0.481 e. The Hall–Kier alpha value is -1.68. The number of hydrogen-bond donors (Lipinski definition) is 1. The first-order chi connectivity index (χ1) is 9.15. The number of aliphatic carboxylic acids is 1. The van der Waals surface area contributed by atoms with Crippen molar-refractivity contribution in [2.45, 2.75) is 25.8 Å². The van der Waals surface area contributed by atoms with Crippen LogP contribution in [-0.2, 0) is 16.1 Å². The van der Waals surface area contributed by atoms with Crippen molar-refractivity contribution >= 4 is 11.8 Å². The monoisotopic (exact) mass is 261 g/mol. The van der Waals surface area contributed by atoms with Gasteiger partial charge in [-0.15, -0.1) is 0 Å². The topological polar surface area (TPSA) is 57.6 Å². The van der Waals surface area contributed by atoms with Gasteiger partial charge in [0.2, 0.25) is 0 Å². The standard InChI is InChI=1S/C15H19NO3/c17-14-7-9-16(8-6-13(14)10-15(18)19)11-12-4-2-1-3-5-12/h1-5,13H,6-11H2,(H,18,19). The molecule has 0 saturated carbocycles. The molecule has 1 saturated heterocycles. The van der Waals surface area contributed by atoms with Gasteiger partial charge in [-0.2, -0.15) is 0 Å². The summed E-state index contributed by atoms with van der Waals surface area (Å²) in [6.07, 6.45) is 1.08. The Bertz CT molecular complexity index is 444. The summed E-state index contributed by atoms with van der Waals surface area (Å²) in [4.78, 5) is 24.8. The fourth-order valence-electron chi connectivity index (χ4n) is 2.51. The van der Waals surface area contributed by atoms with Gasteiger partial charge in [0.25, 0.3) is 0 Å². The minimum absolute atomic E-state index is 0.0298. The zero-order valence-corrected chi connectivity index (χ0v) is 10.9. The van der Waals surface area contributed by atoms with Gasteiger partial charge in [0.15, 0.2) is 0 Å². The molecule has 4 heteroatoms. The normalized spacial score (nSPS) is 21.1. The zero-order valence-electron chi connectivity index (χ0n) is 10.9. The smallest absolute Gasteiger partial charge is 0.304 e. The highest BCUT2D eigenvalue weighted by Gasteiger charge is 2.25. The van der Waals surface area contributed by atoms with Crippen molar-refractivity contribution < 1.29 is 14.7 Å². The quantitative estimate of drug-likeness (QED) is 0.900. The molecule has 1 N–H and O–H groups in total. The van der Waals surface area contributed by atoms with E-state index in [1.54, 1.807) is 0 Å². The Morgan fingerprint density at radius 2 is 2.00 bits per heavy atom. The number of Topliss-reactive ketones (excluding diaryl/α,β-unsaturated/α-hetero) is 1. The summed E-state index contributed by atoms with van der Waals surface area (Å²) in [5.41, 5.74) is 1.23. The van der Waals surface area contributed by atoms with E-state index in [0.717, 1.165) is 19.6 Å². The largest absolute Gasteiger partial charge is 0.481 e. The summed E-state index contributed by atoms with van der Waals surface area (Å²) < 4.78 is 0. The summed E-state index contributed by atoms with van der Waals surface area (Å²) in [7, 11) is 0. The summed E-state index contributed by atoms with van der Waals surface area (Å²) in [6.45, 7) is 2.34. The van der Waals surface area contributed by atoms with Crippen molar-refractivity contribution in [2.75, 3.05) is 13.1 Å². The molecule has 1 aromatic rings. The molecule has 102 valence electrons.